The normalized spacial score (nSPS) is 12.6. The predicted molar refractivity (Wildman–Crippen MR) is 127 cm³/mol. The molecule has 11 heteroatoms. The highest BCUT2D eigenvalue weighted by atomic mass is 19.4. The first kappa shape index (κ1) is 26.7. The highest BCUT2D eigenvalue weighted by Crippen LogP contribution is 2.32. The van der Waals surface area contributed by atoms with Gasteiger partial charge in [0.05, 0.1) is 17.3 Å². The molecular formula is C25H28F3N5O3. The molecule has 0 spiro atoms. The van der Waals surface area contributed by atoms with Crippen LogP contribution in [0.1, 0.15) is 42.4 Å². The minimum Gasteiger partial charge on any atom is -0.444 e. The summed E-state index contributed by atoms with van der Waals surface area (Å²) in [5, 5.41) is 9.30. The number of halogens is 3. The number of alkyl halides is 3. The molecule has 2 heterocycles. The molecule has 0 bridgehead atoms. The molecule has 36 heavy (non-hydrogen) atoms. The van der Waals surface area contributed by atoms with Gasteiger partial charge in [-0.25, -0.2) is 4.79 Å². The quantitative estimate of drug-likeness (QED) is 0.499. The van der Waals surface area contributed by atoms with Crippen molar-refractivity contribution in [1.82, 2.24) is 25.4 Å². The minimum absolute atomic E-state index is 0.0131. The second kappa shape index (κ2) is 10.8. The molecule has 0 unspecified atom stereocenters. The second-order valence-corrected chi connectivity index (χ2v) is 9.18. The van der Waals surface area contributed by atoms with Gasteiger partial charge in [-0.1, -0.05) is 18.2 Å². The van der Waals surface area contributed by atoms with Gasteiger partial charge in [0.2, 0.25) is 0 Å². The van der Waals surface area contributed by atoms with Crippen LogP contribution in [0.4, 0.5) is 18.0 Å². The number of alkyl carbamates (subject to hydrolysis) is 1. The van der Waals surface area contributed by atoms with E-state index < -0.39 is 35.4 Å². The molecule has 2 aromatic heterocycles. The van der Waals surface area contributed by atoms with Crippen molar-refractivity contribution in [2.24, 2.45) is 7.05 Å². The summed E-state index contributed by atoms with van der Waals surface area (Å²) in [6, 6.07) is 9.26. The van der Waals surface area contributed by atoms with Crippen molar-refractivity contribution in [2.75, 3.05) is 6.54 Å². The molecule has 0 fully saturated rings. The van der Waals surface area contributed by atoms with Gasteiger partial charge >= 0.3 is 12.3 Å². The van der Waals surface area contributed by atoms with Gasteiger partial charge in [-0.15, -0.1) is 0 Å². The van der Waals surface area contributed by atoms with Gasteiger partial charge in [0, 0.05) is 31.5 Å². The van der Waals surface area contributed by atoms with Gasteiger partial charge in [0.15, 0.2) is 0 Å². The van der Waals surface area contributed by atoms with E-state index >= 15 is 0 Å². The van der Waals surface area contributed by atoms with Crippen molar-refractivity contribution in [3.8, 4) is 11.3 Å². The molecule has 1 aromatic carbocycles. The van der Waals surface area contributed by atoms with E-state index in [2.05, 4.69) is 20.7 Å². The maximum atomic E-state index is 13.5. The molecule has 0 radical (unpaired) electrons. The lowest BCUT2D eigenvalue weighted by Gasteiger charge is -2.23. The first-order valence-corrected chi connectivity index (χ1v) is 11.2. The Labute approximate surface area is 206 Å². The molecule has 0 saturated carbocycles. The fourth-order valence-corrected chi connectivity index (χ4v) is 3.53. The fraction of sp³-hybridized carbons (Fsp3) is 0.360. The SMILES string of the molecule is Cn1nccc1-c1ccc(C(=O)N[C@H](CNC(=O)OC(C)(C)C)Cc2ccccc2C(F)(F)F)nc1. The molecule has 0 aliphatic heterocycles. The smallest absolute Gasteiger partial charge is 0.416 e. The summed E-state index contributed by atoms with van der Waals surface area (Å²) in [5.41, 5.74) is 0.0466. The van der Waals surface area contributed by atoms with Crippen LogP contribution in [0.2, 0.25) is 0 Å². The number of nitrogens with one attached hydrogen (secondary N) is 2. The molecule has 2 amide bonds. The number of amides is 2. The molecule has 3 rings (SSSR count). The van der Waals surface area contributed by atoms with E-state index in [0.29, 0.717) is 0 Å². The third-order valence-corrected chi connectivity index (χ3v) is 5.13. The number of aryl methyl sites for hydroxylation is 1. The summed E-state index contributed by atoms with van der Waals surface area (Å²) < 4.78 is 47.4. The molecule has 3 aromatic rings. The Balaban J connectivity index is 1.78. The van der Waals surface area contributed by atoms with Crippen LogP contribution < -0.4 is 10.6 Å². The third kappa shape index (κ3) is 7.30. The largest absolute Gasteiger partial charge is 0.444 e. The molecule has 2 N–H and O–H groups in total. The highest BCUT2D eigenvalue weighted by molar-refractivity contribution is 5.92. The first-order valence-electron chi connectivity index (χ1n) is 11.2. The lowest BCUT2D eigenvalue weighted by molar-refractivity contribution is -0.138. The number of aromatic nitrogens is 3. The van der Waals surface area contributed by atoms with Crippen LogP contribution in [0.5, 0.6) is 0 Å². The number of ether oxygens (including phenoxy) is 1. The number of carbonyl (C=O) groups excluding carboxylic acids is 2. The Hall–Kier alpha value is -3.89. The van der Waals surface area contributed by atoms with E-state index in [-0.39, 0.29) is 24.2 Å². The van der Waals surface area contributed by atoms with E-state index in [1.54, 1.807) is 50.8 Å². The Kier molecular flexibility index (Phi) is 8.01. The Morgan fingerprint density at radius 3 is 2.39 bits per heavy atom. The van der Waals surface area contributed by atoms with E-state index in [9.17, 15) is 22.8 Å². The van der Waals surface area contributed by atoms with Crippen LogP contribution in [-0.4, -0.2) is 45.0 Å². The lowest BCUT2D eigenvalue weighted by atomic mass is 9.99. The van der Waals surface area contributed by atoms with Crippen LogP contribution in [0.3, 0.4) is 0 Å². The number of hydrogen-bond donors (Lipinski definition) is 2. The Bertz CT molecular complexity index is 1200. The monoisotopic (exact) mass is 503 g/mol. The summed E-state index contributed by atoms with van der Waals surface area (Å²) >= 11 is 0. The average molecular weight is 504 g/mol. The molecule has 8 nitrogen and oxygen atoms in total. The van der Waals surface area contributed by atoms with Crippen LogP contribution in [0, 0.1) is 0 Å². The van der Waals surface area contributed by atoms with Gasteiger partial charge in [-0.3, -0.25) is 14.5 Å². The highest BCUT2D eigenvalue weighted by Gasteiger charge is 2.33. The average Bonchev–Trinajstić information content (AvgIpc) is 3.22. The number of hydrogen-bond acceptors (Lipinski definition) is 5. The fourth-order valence-electron chi connectivity index (χ4n) is 3.53. The molecule has 192 valence electrons. The van der Waals surface area contributed by atoms with Crippen molar-refractivity contribution < 1.29 is 27.5 Å². The van der Waals surface area contributed by atoms with Crippen molar-refractivity contribution in [2.45, 2.75) is 45.0 Å². The standard InChI is InChI=1S/C25H28F3N5O3/c1-24(2,3)36-23(35)30-15-18(13-16-7-5-6-8-19(16)25(26,27)28)32-22(34)20-10-9-17(14-29-20)21-11-12-31-33(21)4/h5-12,14,18H,13,15H2,1-4H3,(H,30,35)(H,32,34)/t18-/m0/s1. The lowest BCUT2D eigenvalue weighted by Crippen LogP contribution is -2.46. The number of rotatable bonds is 7. The van der Waals surface area contributed by atoms with E-state index in [1.807, 2.05) is 0 Å². The molecule has 0 aliphatic carbocycles. The van der Waals surface area contributed by atoms with Gasteiger partial charge < -0.3 is 15.4 Å². The van der Waals surface area contributed by atoms with Gasteiger partial charge in [0.25, 0.3) is 5.91 Å². The molecule has 0 saturated heterocycles. The summed E-state index contributed by atoms with van der Waals surface area (Å²) in [4.78, 5) is 29.2. The molecule has 0 aliphatic rings. The molecular weight excluding hydrogens is 475 g/mol. The Morgan fingerprint density at radius 2 is 1.81 bits per heavy atom. The second-order valence-electron chi connectivity index (χ2n) is 9.18. The van der Waals surface area contributed by atoms with Crippen LogP contribution in [-0.2, 0) is 24.4 Å². The van der Waals surface area contributed by atoms with Crippen LogP contribution >= 0.6 is 0 Å². The zero-order valence-corrected chi connectivity index (χ0v) is 20.4. The third-order valence-electron chi connectivity index (χ3n) is 5.13. The number of benzene rings is 1. The first-order chi connectivity index (χ1) is 16.8. The summed E-state index contributed by atoms with van der Waals surface area (Å²) in [6.07, 6.45) is -2.34. The van der Waals surface area contributed by atoms with Gasteiger partial charge in [0.1, 0.15) is 11.3 Å². The summed E-state index contributed by atoms with van der Waals surface area (Å²) in [5.74, 6) is -0.591. The van der Waals surface area contributed by atoms with Crippen molar-refractivity contribution in [3.05, 3.63) is 71.7 Å². The zero-order valence-electron chi connectivity index (χ0n) is 20.4. The number of pyridine rings is 1. The minimum atomic E-state index is -4.56. The topological polar surface area (TPSA) is 98.1 Å². The number of carbonyl (C=O) groups is 2. The summed E-state index contributed by atoms with van der Waals surface area (Å²) in [7, 11) is 1.77. The molecule has 1 atom stereocenters. The van der Waals surface area contributed by atoms with Gasteiger partial charge in [-0.05, 0) is 57.0 Å². The van der Waals surface area contributed by atoms with Gasteiger partial charge in [-0.2, -0.15) is 18.3 Å². The van der Waals surface area contributed by atoms with Crippen molar-refractivity contribution >= 4 is 12.0 Å². The van der Waals surface area contributed by atoms with E-state index in [0.717, 1.165) is 17.3 Å². The van der Waals surface area contributed by atoms with Crippen LogP contribution in [0.15, 0.2) is 54.9 Å². The van der Waals surface area contributed by atoms with E-state index in [1.165, 1.54) is 30.5 Å². The van der Waals surface area contributed by atoms with E-state index in [4.69, 9.17) is 4.74 Å². The Morgan fingerprint density at radius 1 is 1.08 bits per heavy atom. The predicted octanol–water partition coefficient (Wildman–Crippen LogP) is 4.37. The zero-order chi connectivity index (χ0) is 26.5. The van der Waals surface area contributed by atoms with Crippen LogP contribution in [0.25, 0.3) is 11.3 Å². The maximum absolute atomic E-state index is 13.5. The summed E-state index contributed by atoms with van der Waals surface area (Å²) in [6.45, 7) is 4.91. The van der Waals surface area contributed by atoms with Crippen molar-refractivity contribution in [3.63, 3.8) is 0 Å². The number of nitrogens with zero attached hydrogens (tertiary/aromatic N) is 3. The van der Waals surface area contributed by atoms with Crippen molar-refractivity contribution in [1.29, 1.82) is 0 Å². The maximum Gasteiger partial charge on any atom is 0.416 e.